The predicted octanol–water partition coefficient (Wildman–Crippen LogP) is 2.10. The highest BCUT2D eigenvalue weighted by molar-refractivity contribution is 6.32. The van der Waals surface area contributed by atoms with Gasteiger partial charge in [-0.05, 0) is 31.0 Å². The van der Waals surface area contributed by atoms with E-state index in [0.717, 1.165) is 19.3 Å². The first-order valence-corrected chi connectivity index (χ1v) is 8.30. The first kappa shape index (κ1) is 18.7. The van der Waals surface area contributed by atoms with Gasteiger partial charge in [-0.2, -0.15) is 5.26 Å². The number of nitrogens with one attached hydrogen (secondary N) is 1. The monoisotopic (exact) mass is 363 g/mol. The lowest BCUT2D eigenvalue weighted by Gasteiger charge is -2.19. The summed E-state index contributed by atoms with van der Waals surface area (Å²) in [6.07, 6.45) is 3.10. The topological polar surface area (TPSA) is 99.5 Å². The van der Waals surface area contributed by atoms with Gasteiger partial charge in [0.1, 0.15) is 12.6 Å². The van der Waals surface area contributed by atoms with E-state index in [9.17, 15) is 14.4 Å². The second-order valence-corrected chi connectivity index (χ2v) is 6.05. The van der Waals surface area contributed by atoms with Gasteiger partial charge in [0.05, 0.1) is 10.6 Å². The number of carbonyl (C=O) groups excluding carboxylic acids is 3. The Hall–Kier alpha value is -2.59. The van der Waals surface area contributed by atoms with Crippen LogP contribution in [0.4, 0.5) is 5.69 Å². The summed E-state index contributed by atoms with van der Waals surface area (Å²) in [5, 5.41) is 11.5. The third kappa shape index (κ3) is 5.76. The van der Waals surface area contributed by atoms with E-state index in [1.165, 1.54) is 23.1 Å². The lowest BCUT2D eigenvalue weighted by molar-refractivity contribution is -0.151. The van der Waals surface area contributed by atoms with Crippen molar-refractivity contribution >= 4 is 35.1 Å². The first-order chi connectivity index (χ1) is 12.0. The maximum atomic E-state index is 11.8. The van der Waals surface area contributed by atoms with Gasteiger partial charge in [0.15, 0.2) is 6.61 Å². The average molecular weight is 364 g/mol. The minimum absolute atomic E-state index is 0.0638. The fourth-order valence-corrected chi connectivity index (χ4v) is 2.66. The van der Waals surface area contributed by atoms with Crippen LogP contribution < -0.4 is 5.32 Å². The number of hydrogen-bond donors (Lipinski definition) is 1. The molecule has 1 saturated heterocycles. The molecule has 1 aromatic rings. The Balaban J connectivity index is 1.79. The first-order valence-electron chi connectivity index (χ1n) is 7.92. The third-order valence-electron chi connectivity index (χ3n) is 3.73. The quantitative estimate of drug-likeness (QED) is 0.807. The summed E-state index contributed by atoms with van der Waals surface area (Å²) >= 11 is 5.88. The SMILES string of the molecule is N#Cc1ccc(NC(=O)COC(=O)CN2CCCCCC2=O)cc1Cl. The highest BCUT2D eigenvalue weighted by atomic mass is 35.5. The molecule has 0 aliphatic carbocycles. The molecule has 0 atom stereocenters. The van der Waals surface area contributed by atoms with E-state index >= 15 is 0 Å². The summed E-state index contributed by atoms with van der Waals surface area (Å²) < 4.78 is 4.91. The van der Waals surface area contributed by atoms with Gasteiger partial charge >= 0.3 is 5.97 Å². The zero-order valence-corrected chi connectivity index (χ0v) is 14.3. The maximum Gasteiger partial charge on any atom is 0.326 e. The van der Waals surface area contributed by atoms with Crippen LogP contribution in [0.5, 0.6) is 0 Å². The number of nitriles is 1. The van der Waals surface area contributed by atoms with E-state index in [2.05, 4.69) is 5.32 Å². The zero-order valence-electron chi connectivity index (χ0n) is 13.6. The normalized spacial score (nSPS) is 14.4. The second-order valence-electron chi connectivity index (χ2n) is 5.64. The number of hydrogen-bond acceptors (Lipinski definition) is 5. The summed E-state index contributed by atoms with van der Waals surface area (Å²) in [5.41, 5.74) is 0.695. The third-order valence-corrected chi connectivity index (χ3v) is 4.04. The van der Waals surface area contributed by atoms with E-state index in [-0.39, 0.29) is 17.5 Å². The van der Waals surface area contributed by atoms with Crippen molar-refractivity contribution in [1.82, 2.24) is 4.90 Å². The number of benzene rings is 1. The number of halogens is 1. The number of anilines is 1. The van der Waals surface area contributed by atoms with Gasteiger partial charge < -0.3 is 15.0 Å². The van der Waals surface area contributed by atoms with E-state index < -0.39 is 18.5 Å². The van der Waals surface area contributed by atoms with Crippen molar-refractivity contribution in [3.05, 3.63) is 28.8 Å². The number of rotatable bonds is 5. The molecule has 0 saturated carbocycles. The Labute approximate surface area is 150 Å². The minimum Gasteiger partial charge on any atom is -0.454 e. The van der Waals surface area contributed by atoms with E-state index in [4.69, 9.17) is 21.6 Å². The molecule has 1 aliphatic heterocycles. The van der Waals surface area contributed by atoms with Crippen molar-refractivity contribution in [3.63, 3.8) is 0 Å². The summed E-state index contributed by atoms with van der Waals surface area (Å²) in [6, 6.07) is 6.37. The Kier molecular flexibility index (Phi) is 6.78. The summed E-state index contributed by atoms with van der Waals surface area (Å²) in [6.45, 7) is -0.0723. The molecule has 1 heterocycles. The average Bonchev–Trinajstić information content (AvgIpc) is 2.78. The van der Waals surface area contributed by atoms with Crippen LogP contribution in [0.2, 0.25) is 5.02 Å². The van der Waals surface area contributed by atoms with Gasteiger partial charge in [-0.1, -0.05) is 18.0 Å². The highest BCUT2D eigenvalue weighted by Crippen LogP contribution is 2.20. The number of ether oxygens (including phenoxy) is 1. The van der Waals surface area contributed by atoms with Gasteiger partial charge in [-0.15, -0.1) is 0 Å². The standard InChI is InChI=1S/C17H18ClN3O4/c18-14-8-13(6-5-12(14)9-19)20-15(22)11-25-17(24)10-21-7-3-1-2-4-16(21)23/h5-6,8H,1-4,7,10-11H2,(H,20,22). The molecular formula is C17H18ClN3O4. The molecular weight excluding hydrogens is 346 g/mol. The molecule has 1 aromatic carbocycles. The molecule has 1 N–H and O–H groups in total. The van der Waals surface area contributed by atoms with Crippen molar-refractivity contribution < 1.29 is 19.1 Å². The smallest absolute Gasteiger partial charge is 0.326 e. The Morgan fingerprint density at radius 1 is 1.32 bits per heavy atom. The van der Waals surface area contributed by atoms with E-state index in [1.54, 1.807) is 0 Å². The van der Waals surface area contributed by atoms with Gasteiger partial charge in [0, 0.05) is 18.7 Å². The molecule has 2 amide bonds. The van der Waals surface area contributed by atoms with Crippen molar-refractivity contribution in [2.24, 2.45) is 0 Å². The zero-order chi connectivity index (χ0) is 18.2. The van der Waals surface area contributed by atoms with Crippen molar-refractivity contribution in [1.29, 1.82) is 5.26 Å². The molecule has 7 nitrogen and oxygen atoms in total. The fraction of sp³-hybridized carbons (Fsp3) is 0.412. The Morgan fingerprint density at radius 2 is 2.12 bits per heavy atom. The molecule has 1 fully saturated rings. The largest absolute Gasteiger partial charge is 0.454 e. The molecule has 132 valence electrons. The highest BCUT2D eigenvalue weighted by Gasteiger charge is 2.20. The van der Waals surface area contributed by atoms with Crippen LogP contribution in [-0.4, -0.2) is 42.4 Å². The van der Waals surface area contributed by atoms with E-state index in [1.807, 2.05) is 6.07 Å². The number of carbonyl (C=O) groups is 3. The lowest BCUT2D eigenvalue weighted by Crippen LogP contribution is -2.36. The van der Waals surface area contributed by atoms with Crippen LogP contribution in [0.15, 0.2) is 18.2 Å². The van der Waals surface area contributed by atoms with Crippen LogP contribution >= 0.6 is 11.6 Å². The molecule has 8 heteroatoms. The summed E-state index contributed by atoms with van der Waals surface area (Å²) in [4.78, 5) is 36.9. The molecule has 0 aromatic heterocycles. The van der Waals surface area contributed by atoms with Crippen molar-refractivity contribution in [3.8, 4) is 6.07 Å². The molecule has 0 spiro atoms. The number of nitrogens with zero attached hydrogens (tertiary/aromatic N) is 2. The fourth-order valence-electron chi connectivity index (χ4n) is 2.43. The Morgan fingerprint density at radius 3 is 2.84 bits per heavy atom. The van der Waals surface area contributed by atoms with Crippen LogP contribution in [0, 0.1) is 11.3 Å². The van der Waals surface area contributed by atoms with Crippen LogP contribution in [-0.2, 0) is 19.1 Å². The van der Waals surface area contributed by atoms with Gasteiger partial charge in [0.2, 0.25) is 5.91 Å². The summed E-state index contributed by atoms with van der Waals surface area (Å²) in [5.74, 6) is -1.22. The van der Waals surface area contributed by atoms with Crippen molar-refractivity contribution in [2.75, 3.05) is 25.0 Å². The van der Waals surface area contributed by atoms with E-state index in [0.29, 0.717) is 24.2 Å². The molecule has 25 heavy (non-hydrogen) atoms. The van der Waals surface area contributed by atoms with Crippen LogP contribution in [0.25, 0.3) is 0 Å². The number of amides is 2. The van der Waals surface area contributed by atoms with Crippen molar-refractivity contribution in [2.45, 2.75) is 25.7 Å². The molecule has 0 unspecified atom stereocenters. The van der Waals surface area contributed by atoms with Gasteiger partial charge in [-0.3, -0.25) is 14.4 Å². The summed E-state index contributed by atoms with van der Waals surface area (Å²) in [7, 11) is 0. The van der Waals surface area contributed by atoms with Crippen LogP contribution in [0.3, 0.4) is 0 Å². The lowest BCUT2D eigenvalue weighted by atomic mass is 10.2. The van der Waals surface area contributed by atoms with Gasteiger partial charge in [-0.25, -0.2) is 0 Å². The molecule has 2 rings (SSSR count). The number of likely N-dealkylation sites (tertiary alicyclic amines) is 1. The minimum atomic E-state index is -0.622. The molecule has 1 aliphatic rings. The Bertz CT molecular complexity index is 714. The number of esters is 1. The second kappa shape index (κ2) is 9.04. The van der Waals surface area contributed by atoms with Crippen LogP contribution in [0.1, 0.15) is 31.2 Å². The maximum absolute atomic E-state index is 11.8. The molecule has 0 radical (unpaired) electrons. The van der Waals surface area contributed by atoms with Gasteiger partial charge in [0.25, 0.3) is 5.91 Å². The predicted molar refractivity (Wildman–Crippen MR) is 90.8 cm³/mol. The molecule has 0 bridgehead atoms.